The number of carbonyl (C=O) groups is 1. The van der Waals surface area contributed by atoms with Crippen LogP contribution in [0.5, 0.6) is 0 Å². The first kappa shape index (κ1) is 15.4. The van der Waals surface area contributed by atoms with Crippen LogP contribution in [0, 0.1) is 13.8 Å². The molecule has 0 bridgehead atoms. The summed E-state index contributed by atoms with van der Waals surface area (Å²) in [5, 5.41) is 17.0. The second-order valence-electron chi connectivity index (χ2n) is 5.30. The molecule has 0 spiro atoms. The minimum atomic E-state index is -0.889. The van der Waals surface area contributed by atoms with Gasteiger partial charge in [-0.2, -0.15) is 4.98 Å². The number of carbonyl (C=O) groups excluding carboxylic acids is 1. The van der Waals surface area contributed by atoms with Crippen molar-refractivity contribution in [2.24, 2.45) is 0 Å². The Labute approximate surface area is 123 Å². The fourth-order valence-electron chi connectivity index (χ4n) is 2.09. The summed E-state index contributed by atoms with van der Waals surface area (Å²) in [5.41, 5.74) is 0.799. The van der Waals surface area contributed by atoms with Gasteiger partial charge >= 0.3 is 0 Å². The first-order valence-corrected chi connectivity index (χ1v) is 7.10. The molecule has 0 aromatic carbocycles. The van der Waals surface area contributed by atoms with Crippen LogP contribution in [0.2, 0.25) is 0 Å². The zero-order chi connectivity index (χ0) is 15.6. The molecule has 0 fully saturated rings. The van der Waals surface area contributed by atoms with Crippen molar-refractivity contribution in [2.45, 2.75) is 46.1 Å². The third-order valence-electron chi connectivity index (χ3n) is 3.72. The molecule has 0 saturated carbocycles. The number of fused-ring (bicyclic) bond motifs is 1. The molecular formula is C14H21N5O2. The van der Waals surface area contributed by atoms with Gasteiger partial charge in [0.2, 0.25) is 5.82 Å². The fraction of sp³-hybridized carbons (Fsp3) is 0.571. The topological polar surface area (TPSA) is 92.4 Å². The SMILES string of the molecule is CCC(O)(CC)CNC(=O)c1nc2nc(C)cc(C)n2n1. The van der Waals surface area contributed by atoms with E-state index in [1.54, 1.807) is 0 Å². The Morgan fingerprint density at radius 2 is 2.00 bits per heavy atom. The summed E-state index contributed by atoms with van der Waals surface area (Å²) in [6.45, 7) is 7.69. The molecule has 0 aliphatic heterocycles. The van der Waals surface area contributed by atoms with E-state index in [9.17, 15) is 9.90 Å². The van der Waals surface area contributed by atoms with Crippen LogP contribution in [0.3, 0.4) is 0 Å². The van der Waals surface area contributed by atoms with Crippen LogP contribution in [-0.4, -0.2) is 42.7 Å². The second kappa shape index (κ2) is 5.77. The van der Waals surface area contributed by atoms with Crippen LogP contribution < -0.4 is 5.32 Å². The Morgan fingerprint density at radius 1 is 1.33 bits per heavy atom. The van der Waals surface area contributed by atoms with E-state index in [2.05, 4.69) is 20.4 Å². The van der Waals surface area contributed by atoms with Crippen molar-refractivity contribution in [3.63, 3.8) is 0 Å². The largest absolute Gasteiger partial charge is 0.388 e. The lowest BCUT2D eigenvalue weighted by Gasteiger charge is -2.24. The van der Waals surface area contributed by atoms with Crippen molar-refractivity contribution < 1.29 is 9.90 Å². The van der Waals surface area contributed by atoms with E-state index in [-0.39, 0.29) is 12.4 Å². The Morgan fingerprint density at radius 3 is 2.62 bits per heavy atom. The van der Waals surface area contributed by atoms with E-state index in [0.717, 1.165) is 11.4 Å². The molecule has 21 heavy (non-hydrogen) atoms. The number of aliphatic hydroxyl groups is 1. The van der Waals surface area contributed by atoms with Crippen LogP contribution >= 0.6 is 0 Å². The van der Waals surface area contributed by atoms with E-state index < -0.39 is 11.5 Å². The number of aryl methyl sites for hydroxylation is 2. The zero-order valence-electron chi connectivity index (χ0n) is 12.8. The highest BCUT2D eigenvalue weighted by atomic mass is 16.3. The minimum Gasteiger partial charge on any atom is -0.388 e. The molecule has 0 unspecified atom stereocenters. The molecule has 7 heteroatoms. The summed E-state index contributed by atoms with van der Waals surface area (Å²) in [6.07, 6.45) is 1.14. The smallest absolute Gasteiger partial charge is 0.291 e. The fourth-order valence-corrected chi connectivity index (χ4v) is 2.09. The molecule has 1 amide bonds. The molecule has 0 aliphatic carbocycles. The number of nitrogens with zero attached hydrogens (tertiary/aromatic N) is 4. The second-order valence-corrected chi connectivity index (χ2v) is 5.30. The van der Waals surface area contributed by atoms with Gasteiger partial charge in [0, 0.05) is 17.9 Å². The molecule has 2 heterocycles. The van der Waals surface area contributed by atoms with Crippen molar-refractivity contribution >= 4 is 11.7 Å². The highest BCUT2D eigenvalue weighted by molar-refractivity contribution is 5.90. The number of aromatic nitrogens is 4. The van der Waals surface area contributed by atoms with E-state index in [1.165, 1.54) is 4.52 Å². The summed E-state index contributed by atoms with van der Waals surface area (Å²) < 4.78 is 1.54. The third kappa shape index (κ3) is 3.18. The maximum atomic E-state index is 12.1. The normalized spacial score (nSPS) is 11.9. The van der Waals surface area contributed by atoms with Crippen molar-refractivity contribution in [3.8, 4) is 0 Å². The van der Waals surface area contributed by atoms with Gasteiger partial charge < -0.3 is 10.4 Å². The highest BCUT2D eigenvalue weighted by Gasteiger charge is 2.24. The van der Waals surface area contributed by atoms with E-state index in [4.69, 9.17) is 0 Å². The standard InChI is InChI=1S/C14H21N5O2/c1-5-14(21,6-2)8-15-12(20)11-17-13-16-9(3)7-10(4)19(13)18-11/h7,21H,5-6,8H2,1-4H3,(H,15,20). The monoisotopic (exact) mass is 291 g/mol. The van der Waals surface area contributed by atoms with Gasteiger partial charge in [-0.15, -0.1) is 5.10 Å². The van der Waals surface area contributed by atoms with Gasteiger partial charge in [0.1, 0.15) is 0 Å². The summed E-state index contributed by atoms with van der Waals surface area (Å²) in [4.78, 5) is 20.5. The molecule has 2 aromatic heterocycles. The first-order chi connectivity index (χ1) is 9.88. The van der Waals surface area contributed by atoms with Crippen LogP contribution in [0.15, 0.2) is 6.07 Å². The lowest BCUT2D eigenvalue weighted by molar-refractivity contribution is 0.0312. The number of nitrogens with one attached hydrogen (secondary N) is 1. The number of rotatable bonds is 5. The molecule has 0 atom stereocenters. The van der Waals surface area contributed by atoms with E-state index in [0.29, 0.717) is 18.6 Å². The van der Waals surface area contributed by atoms with Crippen LogP contribution in [0.1, 0.15) is 48.7 Å². The lowest BCUT2D eigenvalue weighted by atomic mass is 9.98. The van der Waals surface area contributed by atoms with Gasteiger partial charge in [0.25, 0.3) is 11.7 Å². The summed E-state index contributed by atoms with van der Waals surface area (Å²) in [5.74, 6) is 0.0579. The maximum Gasteiger partial charge on any atom is 0.291 e. The quantitative estimate of drug-likeness (QED) is 0.858. The Bertz CT molecular complexity index is 661. The van der Waals surface area contributed by atoms with Gasteiger partial charge in [-0.1, -0.05) is 13.8 Å². The van der Waals surface area contributed by atoms with Gasteiger partial charge in [0.05, 0.1) is 5.60 Å². The number of amides is 1. The molecular weight excluding hydrogens is 270 g/mol. The maximum absolute atomic E-state index is 12.1. The summed E-state index contributed by atoms with van der Waals surface area (Å²) in [6, 6.07) is 1.87. The minimum absolute atomic E-state index is 0.0609. The first-order valence-electron chi connectivity index (χ1n) is 7.10. The molecule has 2 aromatic rings. The molecule has 0 radical (unpaired) electrons. The van der Waals surface area contributed by atoms with Gasteiger partial charge in [0.15, 0.2) is 0 Å². The lowest BCUT2D eigenvalue weighted by Crippen LogP contribution is -2.42. The van der Waals surface area contributed by atoms with Crippen molar-refractivity contribution in [2.75, 3.05) is 6.54 Å². The molecule has 0 aliphatic rings. The average Bonchev–Trinajstić information content (AvgIpc) is 2.88. The van der Waals surface area contributed by atoms with Crippen molar-refractivity contribution in [1.29, 1.82) is 0 Å². The zero-order valence-corrected chi connectivity index (χ0v) is 12.8. The average molecular weight is 291 g/mol. The van der Waals surface area contributed by atoms with E-state index >= 15 is 0 Å². The number of hydrogen-bond acceptors (Lipinski definition) is 5. The van der Waals surface area contributed by atoms with Crippen LogP contribution in [-0.2, 0) is 0 Å². The number of hydrogen-bond donors (Lipinski definition) is 2. The van der Waals surface area contributed by atoms with Gasteiger partial charge in [-0.3, -0.25) is 4.79 Å². The molecule has 2 N–H and O–H groups in total. The van der Waals surface area contributed by atoms with Crippen molar-refractivity contribution in [3.05, 3.63) is 23.3 Å². The third-order valence-corrected chi connectivity index (χ3v) is 3.72. The van der Waals surface area contributed by atoms with Crippen LogP contribution in [0.4, 0.5) is 0 Å². The molecule has 114 valence electrons. The van der Waals surface area contributed by atoms with Crippen LogP contribution in [0.25, 0.3) is 5.78 Å². The summed E-state index contributed by atoms with van der Waals surface area (Å²) >= 11 is 0. The predicted molar refractivity (Wildman–Crippen MR) is 78.1 cm³/mol. The Kier molecular flexibility index (Phi) is 4.22. The molecule has 2 rings (SSSR count). The molecule has 0 saturated heterocycles. The Balaban J connectivity index is 2.19. The van der Waals surface area contributed by atoms with Gasteiger partial charge in [-0.25, -0.2) is 9.50 Å². The van der Waals surface area contributed by atoms with Gasteiger partial charge in [-0.05, 0) is 32.8 Å². The summed E-state index contributed by atoms with van der Waals surface area (Å²) in [7, 11) is 0. The van der Waals surface area contributed by atoms with Crippen molar-refractivity contribution in [1.82, 2.24) is 24.9 Å². The molecule has 7 nitrogen and oxygen atoms in total. The van der Waals surface area contributed by atoms with E-state index in [1.807, 2.05) is 33.8 Å². The Hall–Kier alpha value is -2.02. The highest BCUT2D eigenvalue weighted by Crippen LogP contribution is 2.13. The predicted octanol–water partition coefficient (Wildman–Crippen LogP) is 1.02.